The number of nitrogens with one attached hydrogen (secondary N) is 1. The maximum atomic E-state index is 11.6. The van der Waals surface area contributed by atoms with E-state index in [4.69, 9.17) is 0 Å². The third-order valence-electron chi connectivity index (χ3n) is 3.18. The van der Waals surface area contributed by atoms with Crippen LogP contribution in [-0.4, -0.2) is 21.8 Å². The molecule has 96 valence electrons. The second kappa shape index (κ2) is 4.80. The first-order valence-corrected chi connectivity index (χ1v) is 6.43. The van der Waals surface area contributed by atoms with Crippen LogP contribution in [-0.2, 0) is 0 Å². The lowest BCUT2D eigenvalue weighted by atomic mass is 10.00. The predicted octanol–water partition coefficient (Wildman–Crippen LogP) is 2.92. The van der Waals surface area contributed by atoms with Crippen molar-refractivity contribution in [1.82, 2.24) is 9.97 Å². The zero-order valence-corrected chi connectivity index (χ0v) is 10.8. The highest BCUT2D eigenvalue weighted by molar-refractivity contribution is 6.00. The summed E-state index contributed by atoms with van der Waals surface area (Å²) in [4.78, 5) is 20.2. The van der Waals surface area contributed by atoms with Gasteiger partial charge in [0.05, 0.1) is 0 Å². The Bertz CT molecular complexity index is 603. The van der Waals surface area contributed by atoms with Crippen LogP contribution >= 0.6 is 0 Å². The van der Waals surface area contributed by atoms with E-state index in [2.05, 4.69) is 15.3 Å². The van der Waals surface area contributed by atoms with E-state index in [9.17, 15) is 4.79 Å². The van der Waals surface area contributed by atoms with Gasteiger partial charge in [-0.2, -0.15) is 0 Å². The predicted molar refractivity (Wildman–Crippen MR) is 74.1 cm³/mol. The molecule has 0 atom stereocenters. The van der Waals surface area contributed by atoms with Crippen molar-refractivity contribution < 1.29 is 4.79 Å². The highest BCUT2D eigenvalue weighted by Gasteiger charge is 2.21. The smallest absolute Gasteiger partial charge is 0.222 e. The van der Waals surface area contributed by atoms with Crippen LogP contribution in [0.5, 0.6) is 0 Å². The van der Waals surface area contributed by atoms with Crippen LogP contribution in [0.25, 0.3) is 11.1 Å². The van der Waals surface area contributed by atoms with E-state index in [1.54, 1.807) is 19.3 Å². The number of aromatic nitrogens is 2. The van der Waals surface area contributed by atoms with Crippen molar-refractivity contribution in [3.63, 3.8) is 0 Å². The highest BCUT2D eigenvalue weighted by atomic mass is 16.1. The summed E-state index contributed by atoms with van der Waals surface area (Å²) in [6, 6.07) is 8.06. The first kappa shape index (κ1) is 11.8. The number of Topliss-reactive ketones (excluding diaryl/α,β-unsaturated/α-hetero) is 1. The molecule has 0 spiro atoms. The molecule has 3 rings (SSSR count). The van der Waals surface area contributed by atoms with Gasteiger partial charge in [-0.05, 0) is 25.3 Å². The highest BCUT2D eigenvalue weighted by Crippen LogP contribution is 2.25. The Morgan fingerprint density at radius 1 is 1.21 bits per heavy atom. The molecule has 0 saturated heterocycles. The van der Waals surface area contributed by atoms with Crippen LogP contribution in [0.3, 0.4) is 0 Å². The van der Waals surface area contributed by atoms with E-state index in [1.165, 1.54) is 12.8 Å². The molecular formula is C15H15N3O. The maximum absolute atomic E-state index is 11.6. The summed E-state index contributed by atoms with van der Waals surface area (Å²) in [5.74, 6) is 0.710. The molecule has 0 bridgehead atoms. The van der Waals surface area contributed by atoms with Crippen LogP contribution < -0.4 is 5.32 Å². The molecule has 0 amide bonds. The Morgan fingerprint density at radius 2 is 1.89 bits per heavy atom. The molecule has 1 aromatic heterocycles. The van der Waals surface area contributed by atoms with E-state index in [0.29, 0.717) is 17.6 Å². The number of carbonyl (C=O) groups is 1. The molecule has 2 aromatic rings. The summed E-state index contributed by atoms with van der Waals surface area (Å²) in [6.45, 7) is 1.57. The molecule has 1 aromatic carbocycles. The zero-order valence-electron chi connectivity index (χ0n) is 10.8. The Labute approximate surface area is 111 Å². The molecule has 0 aliphatic heterocycles. The number of nitrogens with zero attached hydrogens (tertiary/aromatic N) is 2. The summed E-state index contributed by atoms with van der Waals surface area (Å²) in [5, 5.41) is 3.24. The molecule has 1 saturated carbocycles. The molecule has 0 radical (unpaired) electrons. The molecule has 19 heavy (non-hydrogen) atoms. The van der Waals surface area contributed by atoms with Crippen LogP contribution in [0.15, 0.2) is 36.7 Å². The van der Waals surface area contributed by atoms with Crippen LogP contribution in [0.4, 0.5) is 5.95 Å². The van der Waals surface area contributed by atoms with E-state index in [0.717, 1.165) is 11.1 Å². The van der Waals surface area contributed by atoms with Crippen molar-refractivity contribution in [1.29, 1.82) is 0 Å². The van der Waals surface area contributed by atoms with Gasteiger partial charge < -0.3 is 5.32 Å². The van der Waals surface area contributed by atoms with E-state index in [-0.39, 0.29) is 5.78 Å². The number of anilines is 1. The average Bonchev–Trinajstić information content (AvgIpc) is 3.23. The van der Waals surface area contributed by atoms with Crippen LogP contribution in [0, 0.1) is 0 Å². The second-order valence-corrected chi connectivity index (χ2v) is 4.82. The van der Waals surface area contributed by atoms with Gasteiger partial charge in [0.1, 0.15) is 0 Å². The zero-order chi connectivity index (χ0) is 13.2. The van der Waals surface area contributed by atoms with Crippen molar-refractivity contribution in [2.24, 2.45) is 0 Å². The lowest BCUT2D eigenvalue weighted by molar-refractivity contribution is 0.101. The number of carbonyl (C=O) groups excluding carboxylic acids is 1. The quantitative estimate of drug-likeness (QED) is 0.851. The Hall–Kier alpha value is -2.23. The molecule has 1 N–H and O–H groups in total. The second-order valence-electron chi connectivity index (χ2n) is 4.82. The van der Waals surface area contributed by atoms with Gasteiger partial charge in [0.25, 0.3) is 0 Å². The third kappa shape index (κ3) is 2.62. The van der Waals surface area contributed by atoms with Gasteiger partial charge in [-0.3, -0.25) is 4.79 Å². The molecule has 1 fully saturated rings. The lowest BCUT2D eigenvalue weighted by Crippen LogP contribution is -2.05. The van der Waals surface area contributed by atoms with Crippen molar-refractivity contribution in [3.8, 4) is 11.1 Å². The molecule has 1 heterocycles. The average molecular weight is 253 g/mol. The molecule has 4 nitrogen and oxygen atoms in total. The van der Waals surface area contributed by atoms with Crippen molar-refractivity contribution in [3.05, 3.63) is 42.2 Å². The molecule has 1 aliphatic carbocycles. The van der Waals surface area contributed by atoms with E-state index < -0.39 is 0 Å². The first-order valence-electron chi connectivity index (χ1n) is 6.43. The van der Waals surface area contributed by atoms with Crippen LogP contribution in [0.2, 0.25) is 0 Å². The summed E-state index contributed by atoms with van der Waals surface area (Å²) >= 11 is 0. The van der Waals surface area contributed by atoms with Gasteiger partial charge in [-0.25, -0.2) is 9.97 Å². The van der Waals surface area contributed by atoms with Gasteiger partial charge in [-0.1, -0.05) is 24.3 Å². The number of ketones is 1. The fraction of sp³-hybridized carbons (Fsp3) is 0.267. The van der Waals surface area contributed by atoms with Gasteiger partial charge in [-0.15, -0.1) is 0 Å². The Kier molecular flexibility index (Phi) is 2.99. The van der Waals surface area contributed by atoms with E-state index in [1.807, 2.05) is 24.3 Å². The summed E-state index contributed by atoms with van der Waals surface area (Å²) in [6.07, 6.45) is 5.91. The van der Waals surface area contributed by atoms with Gasteiger partial charge in [0.15, 0.2) is 5.78 Å². The number of hydrogen-bond acceptors (Lipinski definition) is 4. The minimum atomic E-state index is 0.0516. The van der Waals surface area contributed by atoms with Gasteiger partial charge in [0.2, 0.25) is 5.95 Å². The monoisotopic (exact) mass is 253 g/mol. The standard InChI is InChI=1S/C15H15N3O/c1-10(19)13-4-2-3-5-14(13)11-8-16-15(17-9-11)18-12-6-7-12/h2-5,8-9,12H,6-7H2,1H3,(H,16,17,18). The topological polar surface area (TPSA) is 54.9 Å². The van der Waals surface area contributed by atoms with E-state index >= 15 is 0 Å². The Morgan fingerprint density at radius 3 is 2.53 bits per heavy atom. The minimum absolute atomic E-state index is 0.0516. The van der Waals surface area contributed by atoms with Gasteiger partial charge in [0, 0.05) is 29.6 Å². The summed E-state index contributed by atoms with van der Waals surface area (Å²) in [5.41, 5.74) is 2.45. The summed E-state index contributed by atoms with van der Waals surface area (Å²) in [7, 11) is 0. The number of rotatable bonds is 4. The normalized spacial score (nSPS) is 14.2. The fourth-order valence-corrected chi connectivity index (χ4v) is 1.99. The number of hydrogen-bond donors (Lipinski definition) is 1. The Balaban J connectivity index is 1.91. The van der Waals surface area contributed by atoms with Crippen molar-refractivity contribution >= 4 is 11.7 Å². The SMILES string of the molecule is CC(=O)c1ccccc1-c1cnc(NC2CC2)nc1. The molecule has 4 heteroatoms. The van der Waals surface area contributed by atoms with Crippen molar-refractivity contribution in [2.45, 2.75) is 25.8 Å². The molecule has 0 unspecified atom stereocenters. The van der Waals surface area contributed by atoms with Crippen LogP contribution in [0.1, 0.15) is 30.1 Å². The number of benzene rings is 1. The molecule has 1 aliphatic rings. The largest absolute Gasteiger partial charge is 0.351 e. The first-order chi connectivity index (χ1) is 9.24. The minimum Gasteiger partial charge on any atom is -0.351 e. The fourth-order valence-electron chi connectivity index (χ4n) is 1.99. The maximum Gasteiger partial charge on any atom is 0.222 e. The summed E-state index contributed by atoms with van der Waals surface area (Å²) < 4.78 is 0. The molecular weight excluding hydrogens is 238 g/mol. The third-order valence-corrected chi connectivity index (χ3v) is 3.18. The van der Waals surface area contributed by atoms with Gasteiger partial charge >= 0.3 is 0 Å². The van der Waals surface area contributed by atoms with Crippen molar-refractivity contribution in [2.75, 3.05) is 5.32 Å². The lowest BCUT2D eigenvalue weighted by Gasteiger charge is -2.07.